The summed E-state index contributed by atoms with van der Waals surface area (Å²) in [7, 11) is 0. The van der Waals surface area contributed by atoms with Gasteiger partial charge in [0.05, 0.1) is 0 Å². The Balaban J connectivity index is 2.01. The van der Waals surface area contributed by atoms with Gasteiger partial charge in [-0.15, -0.1) is 6.58 Å². The van der Waals surface area contributed by atoms with E-state index < -0.39 is 0 Å². The van der Waals surface area contributed by atoms with Gasteiger partial charge in [-0.25, -0.2) is 0 Å². The Labute approximate surface area is 79.4 Å². The molecule has 72 valence electrons. The zero-order valence-electron chi connectivity index (χ0n) is 8.12. The third kappa shape index (κ3) is 1.50. The van der Waals surface area contributed by atoms with Gasteiger partial charge < -0.3 is 5.32 Å². The minimum atomic E-state index is 0.111. The van der Waals surface area contributed by atoms with E-state index in [-0.39, 0.29) is 5.91 Å². The van der Waals surface area contributed by atoms with Crippen molar-refractivity contribution >= 4 is 5.91 Å². The highest BCUT2D eigenvalue weighted by Crippen LogP contribution is 2.48. The van der Waals surface area contributed by atoms with E-state index in [1.165, 1.54) is 19.3 Å². The summed E-state index contributed by atoms with van der Waals surface area (Å²) in [6, 6.07) is 0.430. The maximum absolute atomic E-state index is 10.9. The molecule has 0 spiro atoms. The van der Waals surface area contributed by atoms with Gasteiger partial charge in [-0.3, -0.25) is 4.79 Å². The van der Waals surface area contributed by atoms with Gasteiger partial charge in [0.2, 0.25) is 5.91 Å². The van der Waals surface area contributed by atoms with E-state index in [1.54, 1.807) is 6.92 Å². The lowest BCUT2D eigenvalue weighted by Gasteiger charge is -2.27. The van der Waals surface area contributed by atoms with Crippen LogP contribution in [0.4, 0.5) is 0 Å². The molecule has 0 saturated heterocycles. The van der Waals surface area contributed by atoms with Crippen molar-refractivity contribution in [2.75, 3.05) is 0 Å². The van der Waals surface area contributed by atoms with E-state index in [2.05, 4.69) is 18.0 Å². The first-order valence-corrected chi connectivity index (χ1v) is 5.10. The van der Waals surface area contributed by atoms with E-state index in [0.717, 1.165) is 5.92 Å². The topological polar surface area (TPSA) is 29.1 Å². The first-order chi connectivity index (χ1) is 6.20. The highest BCUT2D eigenvalue weighted by Gasteiger charge is 2.44. The number of hydrogen-bond donors (Lipinski definition) is 1. The van der Waals surface area contributed by atoms with Crippen LogP contribution in [0, 0.1) is 17.8 Å². The molecule has 13 heavy (non-hydrogen) atoms. The fourth-order valence-electron chi connectivity index (χ4n) is 3.10. The van der Waals surface area contributed by atoms with Gasteiger partial charge in [-0.1, -0.05) is 6.08 Å². The van der Waals surface area contributed by atoms with E-state index in [1.807, 2.05) is 0 Å². The van der Waals surface area contributed by atoms with Crippen molar-refractivity contribution in [1.29, 1.82) is 0 Å². The van der Waals surface area contributed by atoms with Gasteiger partial charge in [0.15, 0.2) is 0 Å². The summed E-state index contributed by atoms with van der Waals surface area (Å²) in [6.45, 7) is 5.47. The van der Waals surface area contributed by atoms with Gasteiger partial charge in [0, 0.05) is 13.0 Å². The molecule has 2 nitrogen and oxygen atoms in total. The average molecular weight is 179 g/mol. The third-order valence-electron chi connectivity index (χ3n) is 3.56. The van der Waals surface area contributed by atoms with Crippen LogP contribution in [0.25, 0.3) is 0 Å². The quantitative estimate of drug-likeness (QED) is 0.642. The highest BCUT2D eigenvalue weighted by molar-refractivity contribution is 5.73. The predicted octanol–water partition coefficient (Wildman–Crippen LogP) is 1.72. The van der Waals surface area contributed by atoms with Gasteiger partial charge >= 0.3 is 0 Å². The minimum absolute atomic E-state index is 0.111. The largest absolute Gasteiger partial charge is 0.353 e. The van der Waals surface area contributed by atoms with Crippen LogP contribution in [0.1, 0.15) is 26.2 Å². The molecule has 0 aromatic carbocycles. The second-order valence-corrected chi connectivity index (χ2v) is 4.44. The maximum atomic E-state index is 10.9. The van der Waals surface area contributed by atoms with Crippen LogP contribution in [0.3, 0.4) is 0 Å². The van der Waals surface area contributed by atoms with Crippen molar-refractivity contribution in [3.05, 3.63) is 12.7 Å². The molecule has 1 N–H and O–H groups in total. The first kappa shape index (κ1) is 8.79. The Morgan fingerprint density at radius 2 is 2.23 bits per heavy atom. The third-order valence-corrected chi connectivity index (χ3v) is 3.56. The summed E-state index contributed by atoms with van der Waals surface area (Å²) in [6.07, 6.45) is 5.85. The van der Waals surface area contributed by atoms with Gasteiger partial charge in [-0.2, -0.15) is 0 Å². The van der Waals surface area contributed by atoms with Crippen LogP contribution in [-0.4, -0.2) is 11.9 Å². The van der Waals surface area contributed by atoms with Crippen molar-refractivity contribution in [2.24, 2.45) is 17.8 Å². The summed E-state index contributed by atoms with van der Waals surface area (Å²) < 4.78 is 0. The van der Waals surface area contributed by atoms with E-state index in [0.29, 0.717) is 17.9 Å². The molecule has 2 fully saturated rings. The Morgan fingerprint density at radius 1 is 1.46 bits per heavy atom. The lowest BCUT2D eigenvalue weighted by Crippen LogP contribution is -2.39. The minimum Gasteiger partial charge on any atom is -0.353 e. The van der Waals surface area contributed by atoms with Crippen LogP contribution >= 0.6 is 0 Å². The molecule has 0 aromatic heterocycles. The number of rotatable bonds is 2. The fourth-order valence-corrected chi connectivity index (χ4v) is 3.10. The Bertz CT molecular complexity index is 236. The smallest absolute Gasteiger partial charge is 0.217 e. The molecule has 2 heteroatoms. The van der Waals surface area contributed by atoms with Crippen LogP contribution in [0.5, 0.6) is 0 Å². The summed E-state index contributed by atoms with van der Waals surface area (Å²) >= 11 is 0. The lowest BCUT2D eigenvalue weighted by atomic mass is 9.85. The molecule has 0 aromatic rings. The van der Waals surface area contributed by atoms with E-state index >= 15 is 0 Å². The molecule has 4 unspecified atom stereocenters. The second-order valence-electron chi connectivity index (χ2n) is 4.44. The van der Waals surface area contributed by atoms with Crippen LogP contribution in [0.15, 0.2) is 12.7 Å². The zero-order chi connectivity index (χ0) is 9.42. The Hall–Kier alpha value is -0.790. The number of carbonyl (C=O) groups is 1. The lowest BCUT2D eigenvalue weighted by molar-refractivity contribution is -0.120. The van der Waals surface area contributed by atoms with Gasteiger partial charge in [0.1, 0.15) is 0 Å². The molecule has 2 aliphatic carbocycles. The molecule has 0 heterocycles. The number of amides is 1. The van der Waals surface area contributed by atoms with E-state index in [9.17, 15) is 4.79 Å². The van der Waals surface area contributed by atoms with Crippen LogP contribution < -0.4 is 5.32 Å². The van der Waals surface area contributed by atoms with Crippen LogP contribution in [-0.2, 0) is 4.79 Å². The number of carbonyl (C=O) groups excluding carboxylic acids is 1. The molecule has 2 bridgehead atoms. The molecule has 2 saturated carbocycles. The van der Waals surface area contributed by atoms with Crippen molar-refractivity contribution in [3.63, 3.8) is 0 Å². The monoisotopic (exact) mass is 179 g/mol. The van der Waals surface area contributed by atoms with Crippen molar-refractivity contribution in [1.82, 2.24) is 5.32 Å². The molecular weight excluding hydrogens is 162 g/mol. The Kier molecular flexibility index (Phi) is 2.14. The normalized spacial score (nSPS) is 41.9. The molecule has 4 atom stereocenters. The second kappa shape index (κ2) is 3.17. The predicted molar refractivity (Wildman–Crippen MR) is 52.1 cm³/mol. The van der Waals surface area contributed by atoms with E-state index in [4.69, 9.17) is 0 Å². The standard InChI is InChI=1S/C11H17NO/c1-3-9-4-8-5-10(9)11(6-8)12-7(2)13/h3,8-11H,1,4-6H2,2H3,(H,12,13). The number of nitrogens with one attached hydrogen (secondary N) is 1. The van der Waals surface area contributed by atoms with Gasteiger partial charge in [0.25, 0.3) is 0 Å². The highest BCUT2D eigenvalue weighted by atomic mass is 16.1. The summed E-state index contributed by atoms with van der Waals surface area (Å²) in [5.41, 5.74) is 0. The number of fused-ring (bicyclic) bond motifs is 2. The molecule has 1 amide bonds. The van der Waals surface area contributed by atoms with Gasteiger partial charge in [-0.05, 0) is 37.0 Å². The molecule has 0 radical (unpaired) electrons. The fraction of sp³-hybridized carbons (Fsp3) is 0.727. The summed E-state index contributed by atoms with van der Waals surface area (Å²) in [5.74, 6) is 2.27. The van der Waals surface area contributed by atoms with Crippen LogP contribution in [0.2, 0.25) is 0 Å². The molecule has 2 rings (SSSR count). The van der Waals surface area contributed by atoms with Crippen molar-refractivity contribution in [2.45, 2.75) is 32.2 Å². The SMILES string of the molecule is C=CC1CC2CC(NC(C)=O)C1C2. The first-order valence-electron chi connectivity index (χ1n) is 5.10. The molecule has 0 aliphatic heterocycles. The maximum Gasteiger partial charge on any atom is 0.217 e. The zero-order valence-corrected chi connectivity index (χ0v) is 8.12. The number of hydrogen-bond acceptors (Lipinski definition) is 1. The van der Waals surface area contributed by atoms with Crippen molar-refractivity contribution < 1.29 is 4.79 Å². The molecule has 2 aliphatic rings. The Morgan fingerprint density at radius 3 is 2.77 bits per heavy atom. The number of allylic oxidation sites excluding steroid dienone is 1. The summed E-state index contributed by atoms with van der Waals surface area (Å²) in [4.78, 5) is 10.9. The summed E-state index contributed by atoms with van der Waals surface area (Å²) in [5, 5.41) is 3.05. The van der Waals surface area contributed by atoms with Crippen molar-refractivity contribution in [3.8, 4) is 0 Å². The average Bonchev–Trinajstić information content (AvgIpc) is 2.60. The molecular formula is C11H17NO.